The SMILES string of the molecule is CC(C(=O)O)c1ccc(N2Cc3ccccc3C2=O)c(-c2cccs2)c1. The van der Waals surface area contributed by atoms with Crippen molar-refractivity contribution in [1.29, 1.82) is 0 Å². The van der Waals surface area contributed by atoms with Gasteiger partial charge in [-0.05, 0) is 47.7 Å². The summed E-state index contributed by atoms with van der Waals surface area (Å²) in [7, 11) is 0. The molecule has 130 valence electrons. The molecule has 1 aliphatic heterocycles. The van der Waals surface area contributed by atoms with E-state index in [4.69, 9.17) is 0 Å². The summed E-state index contributed by atoms with van der Waals surface area (Å²) in [6, 6.07) is 17.2. The van der Waals surface area contributed by atoms with Crippen molar-refractivity contribution in [3.63, 3.8) is 0 Å². The molecule has 26 heavy (non-hydrogen) atoms. The first-order chi connectivity index (χ1) is 12.6. The number of thiophene rings is 1. The Morgan fingerprint density at radius 3 is 2.62 bits per heavy atom. The molecule has 4 nitrogen and oxygen atoms in total. The van der Waals surface area contributed by atoms with E-state index in [0.717, 1.165) is 32.8 Å². The summed E-state index contributed by atoms with van der Waals surface area (Å²) in [6.45, 7) is 2.20. The van der Waals surface area contributed by atoms with Crippen LogP contribution in [0.4, 0.5) is 5.69 Å². The van der Waals surface area contributed by atoms with E-state index >= 15 is 0 Å². The normalized spacial score (nSPS) is 14.3. The lowest BCUT2D eigenvalue weighted by atomic mass is 9.97. The van der Waals surface area contributed by atoms with E-state index in [2.05, 4.69) is 0 Å². The summed E-state index contributed by atoms with van der Waals surface area (Å²) in [5.41, 5.74) is 4.18. The number of carbonyl (C=O) groups excluding carboxylic acids is 1. The van der Waals surface area contributed by atoms with Crippen LogP contribution in [0.25, 0.3) is 10.4 Å². The number of amides is 1. The number of rotatable bonds is 4. The van der Waals surface area contributed by atoms with Crippen molar-refractivity contribution in [3.05, 3.63) is 76.7 Å². The van der Waals surface area contributed by atoms with Crippen LogP contribution >= 0.6 is 11.3 Å². The van der Waals surface area contributed by atoms with Gasteiger partial charge in [0.1, 0.15) is 0 Å². The molecule has 0 bridgehead atoms. The van der Waals surface area contributed by atoms with Gasteiger partial charge in [-0.2, -0.15) is 0 Å². The molecule has 1 aromatic heterocycles. The van der Waals surface area contributed by atoms with Gasteiger partial charge in [-0.1, -0.05) is 30.3 Å². The molecule has 1 aliphatic rings. The second-order valence-electron chi connectivity index (χ2n) is 6.36. The Morgan fingerprint density at radius 1 is 1.12 bits per heavy atom. The molecule has 5 heteroatoms. The Hall–Kier alpha value is -2.92. The quantitative estimate of drug-likeness (QED) is 0.727. The molecule has 2 aromatic carbocycles. The summed E-state index contributed by atoms with van der Waals surface area (Å²) >= 11 is 1.58. The number of nitrogens with zero attached hydrogens (tertiary/aromatic N) is 1. The minimum atomic E-state index is -0.862. The highest BCUT2D eigenvalue weighted by molar-refractivity contribution is 7.13. The Bertz CT molecular complexity index is 994. The molecule has 0 spiro atoms. The second kappa shape index (κ2) is 6.42. The summed E-state index contributed by atoms with van der Waals surface area (Å²) in [5.74, 6) is -1.48. The number of carboxylic acids is 1. The van der Waals surface area contributed by atoms with Gasteiger partial charge in [0, 0.05) is 16.0 Å². The van der Waals surface area contributed by atoms with Gasteiger partial charge in [0.15, 0.2) is 0 Å². The Morgan fingerprint density at radius 2 is 1.92 bits per heavy atom. The Balaban J connectivity index is 1.82. The maximum Gasteiger partial charge on any atom is 0.310 e. The zero-order chi connectivity index (χ0) is 18.3. The largest absolute Gasteiger partial charge is 0.481 e. The Labute approximate surface area is 155 Å². The molecule has 1 amide bonds. The van der Waals surface area contributed by atoms with Crippen LogP contribution in [0.15, 0.2) is 60.0 Å². The zero-order valence-corrected chi connectivity index (χ0v) is 15.0. The first-order valence-corrected chi connectivity index (χ1v) is 9.24. The van der Waals surface area contributed by atoms with Gasteiger partial charge in [0.05, 0.1) is 18.2 Å². The molecule has 0 saturated carbocycles. The third kappa shape index (κ3) is 2.70. The van der Waals surface area contributed by atoms with Crippen molar-refractivity contribution in [2.45, 2.75) is 19.4 Å². The smallest absolute Gasteiger partial charge is 0.310 e. The minimum absolute atomic E-state index is 0.0163. The highest BCUT2D eigenvalue weighted by Crippen LogP contribution is 2.39. The molecule has 0 saturated heterocycles. The van der Waals surface area contributed by atoms with Crippen LogP contribution in [-0.4, -0.2) is 17.0 Å². The van der Waals surface area contributed by atoms with Crippen LogP contribution in [0.5, 0.6) is 0 Å². The van der Waals surface area contributed by atoms with Crippen LogP contribution in [0, 0.1) is 0 Å². The molecule has 1 atom stereocenters. The van der Waals surface area contributed by atoms with Crippen molar-refractivity contribution < 1.29 is 14.7 Å². The predicted molar refractivity (Wildman–Crippen MR) is 103 cm³/mol. The maximum atomic E-state index is 12.9. The molecule has 1 unspecified atom stereocenters. The maximum absolute atomic E-state index is 12.9. The van der Waals surface area contributed by atoms with Crippen molar-refractivity contribution in [2.75, 3.05) is 4.90 Å². The lowest BCUT2D eigenvalue weighted by molar-refractivity contribution is -0.138. The van der Waals surface area contributed by atoms with Gasteiger partial charge >= 0.3 is 5.97 Å². The van der Waals surface area contributed by atoms with Gasteiger partial charge in [-0.3, -0.25) is 9.59 Å². The standard InChI is InChI=1S/C21H17NO3S/c1-13(21(24)25)14-8-9-18(17(11-14)19-7-4-10-26-19)22-12-15-5-2-3-6-16(15)20(22)23/h2-11,13H,12H2,1H3,(H,24,25). The van der Waals surface area contributed by atoms with Crippen molar-refractivity contribution in [1.82, 2.24) is 0 Å². The van der Waals surface area contributed by atoms with Crippen molar-refractivity contribution >= 4 is 28.9 Å². The lowest BCUT2D eigenvalue weighted by Crippen LogP contribution is -2.23. The van der Waals surface area contributed by atoms with Crippen molar-refractivity contribution in [3.8, 4) is 10.4 Å². The first kappa shape index (κ1) is 16.5. The number of fused-ring (bicyclic) bond motifs is 1. The average Bonchev–Trinajstić information content (AvgIpc) is 3.29. The van der Waals surface area contributed by atoms with Crippen LogP contribution in [-0.2, 0) is 11.3 Å². The highest BCUT2D eigenvalue weighted by atomic mass is 32.1. The number of aliphatic carboxylic acids is 1. The highest BCUT2D eigenvalue weighted by Gasteiger charge is 2.30. The summed E-state index contributed by atoms with van der Waals surface area (Å²) in [6.07, 6.45) is 0. The molecule has 1 N–H and O–H groups in total. The van der Waals surface area contributed by atoms with Crippen LogP contribution in [0.1, 0.15) is 34.3 Å². The van der Waals surface area contributed by atoms with E-state index in [1.54, 1.807) is 23.2 Å². The lowest BCUT2D eigenvalue weighted by Gasteiger charge is -2.21. The third-order valence-corrected chi connectivity index (χ3v) is 5.69. The van der Waals surface area contributed by atoms with Crippen LogP contribution in [0.2, 0.25) is 0 Å². The zero-order valence-electron chi connectivity index (χ0n) is 14.2. The number of benzene rings is 2. The number of hydrogen-bond acceptors (Lipinski definition) is 3. The fraction of sp³-hybridized carbons (Fsp3) is 0.143. The molecule has 0 radical (unpaired) electrons. The van der Waals surface area contributed by atoms with Crippen LogP contribution < -0.4 is 4.90 Å². The average molecular weight is 363 g/mol. The molecule has 4 rings (SSSR count). The number of carbonyl (C=O) groups is 2. The molecular formula is C21H17NO3S. The predicted octanol–water partition coefficient (Wildman–Crippen LogP) is 4.76. The van der Waals surface area contributed by atoms with E-state index in [-0.39, 0.29) is 5.91 Å². The summed E-state index contributed by atoms with van der Waals surface area (Å²) in [4.78, 5) is 27.0. The van der Waals surface area contributed by atoms with E-state index < -0.39 is 11.9 Å². The fourth-order valence-electron chi connectivity index (χ4n) is 3.28. The minimum Gasteiger partial charge on any atom is -0.481 e. The van der Waals surface area contributed by atoms with Gasteiger partial charge in [0.2, 0.25) is 0 Å². The number of carboxylic acid groups (broad SMARTS) is 1. The molecular weight excluding hydrogens is 346 g/mol. The van der Waals surface area contributed by atoms with E-state index in [9.17, 15) is 14.7 Å². The first-order valence-electron chi connectivity index (χ1n) is 8.36. The van der Waals surface area contributed by atoms with Gasteiger partial charge in [-0.15, -0.1) is 11.3 Å². The Kier molecular flexibility index (Phi) is 4.09. The van der Waals surface area contributed by atoms with E-state index in [0.29, 0.717) is 6.54 Å². The van der Waals surface area contributed by atoms with Crippen LogP contribution in [0.3, 0.4) is 0 Å². The molecule has 2 heterocycles. The van der Waals surface area contributed by atoms with Crippen molar-refractivity contribution in [2.24, 2.45) is 0 Å². The monoisotopic (exact) mass is 363 g/mol. The second-order valence-corrected chi connectivity index (χ2v) is 7.31. The molecule has 0 aliphatic carbocycles. The third-order valence-electron chi connectivity index (χ3n) is 4.79. The number of hydrogen-bond donors (Lipinski definition) is 1. The van der Waals surface area contributed by atoms with E-state index in [1.165, 1.54) is 0 Å². The van der Waals surface area contributed by atoms with Gasteiger partial charge in [-0.25, -0.2) is 0 Å². The molecule has 0 fully saturated rings. The van der Waals surface area contributed by atoms with E-state index in [1.807, 2.05) is 60.0 Å². The summed E-state index contributed by atoms with van der Waals surface area (Å²) in [5, 5.41) is 11.3. The number of anilines is 1. The molecule has 3 aromatic rings. The summed E-state index contributed by atoms with van der Waals surface area (Å²) < 4.78 is 0. The topological polar surface area (TPSA) is 57.6 Å². The fourth-order valence-corrected chi connectivity index (χ4v) is 4.03. The van der Waals surface area contributed by atoms with Gasteiger partial charge < -0.3 is 10.0 Å². The van der Waals surface area contributed by atoms with Gasteiger partial charge in [0.25, 0.3) is 5.91 Å².